The van der Waals surface area contributed by atoms with Crippen LogP contribution in [0.5, 0.6) is 0 Å². The number of fused-ring (bicyclic) bond motifs is 3. The van der Waals surface area contributed by atoms with E-state index in [4.69, 9.17) is 0 Å². The Bertz CT molecular complexity index is 573. The Hall–Kier alpha value is -1.64. The van der Waals surface area contributed by atoms with Crippen molar-refractivity contribution in [1.29, 1.82) is 0 Å². The normalized spacial score (nSPS) is 15.2. The van der Waals surface area contributed by atoms with Gasteiger partial charge in [0.1, 0.15) is 5.60 Å². The molecule has 0 saturated heterocycles. The van der Waals surface area contributed by atoms with Crippen LogP contribution in [0, 0.1) is 0 Å². The van der Waals surface area contributed by atoms with Crippen molar-refractivity contribution in [3.8, 4) is 11.1 Å². The lowest BCUT2D eigenvalue weighted by atomic mass is 9.87. The number of aliphatic hydroxyl groups is 1. The first-order valence-corrected chi connectivity index (χ1v) is 7.19. The summed E-state index contributed by atoms with van der Waals surface area (Å²) in [6.45, 7) is 0.993. The maximum absolute atomic E-state index is 11.3. The van der Waals surface area contributed by atoms with Crippen molar-refractivity contribution in [1.82, 2.24) is 4.90 Å². The molecule has 0 unspecified atom stereocenters. The van der Waals surface area contributed by atoms with E-state index < -0.39 is 5.60 Å². The molecule has 1 aliphatic rings. The van der Waals surface area contributed by atoms with Crippen LogP contribution in [0.3, 0.4) is 0 Å². The van der Waals surface area contributed by atoms with Crippen LogP contribution in [0.1, 0.15) is 24.0 Å². The summed E-state index contributed by atoms with van der Waals surface area (Å²) in [4.78, 5) is 2.16. The van der Waals surface area contributed by atoms with Gasteiger partial charge in [0.2, 0.25) is 0 Å². The molecule has 104 valence electrons. The summed E-state index contributed by atoms with van der Waals surface area (Å²) in [6, 6.07) is 16.5. The molecule has 1 N–H and O–H groups in total. The third-order valence-electron chi connectivity index (χ3n) is 4.18. The summed E-state index contributed by atoms with van der Waals surface area (Å²) in [6.07, 6.45) is 1.74. The van der Waals surface area contributed by atoms with E-state index in [2.05, 4.69) is 43.3 Å². The second-order valence-corrected chi connectivity index (χ2v) is 5.86. The maximum Gasteiger partial charge on any atom is 0.116 e. The van der Waals surface area contributed by atoms with Crippen molar-refractivity contribution < 1.29 is 5.11 Å². The predicted molar refractivity (Wildman–Crippen MR) is 82.7 cm³/mol. The second-order valence-electron chi connectivity index (χ2n) is 5.86. The summed E-state index contributed by atoms with van der Waals surface area (Å²) >= 11 is 0. The van der Waals surface area contributed by atoms with E-state index in [0.29, 0.717) is 0 Å². The minimum absolute atomic E-state index is 0.763. The van der Waals surface area contributed by atoms with Crippen molar-refractivity contribution in [3.05, 3.63) is 59.7 Å². The van der Waals surface area contributed by atoms with Gasteiger partial charge in [-0.2, -0.15) is 0 Å². The Morgan fingerprint density at radius 2 is 1.40 bits per heavy atom. The number of hydrogen-bond donors (Lipinski definition) is 1. The van der Waals surface area contributed by atoms with Gasteiger partial charge >= 0.3 is 0 Å². The third kappa shape index (κ3) is 2.05. The summed E-state index contributed by atoms with van der Waals surface area (Å²) in [5.41, 5.74) is 3.63. The molecule has 0 amide bonds. The molecule has 2 aromatic rings. The first kappa shape index (κ1) is 13.3. The molecule has 2 heteroatoms. The lowest BCUT2D eigenvalue weighted by Gasteiger charge is -2.26. The van der Waals surface area contributed by atoms with Crippen LogP contribution in [-0.2, 0) is 5.60 Å². The highest BCUT2D eigenvalue weighted by Crippen LogP contribution is 2.49. The van der Waals surface area contributed by atoms with Crippen molar-refractivity contribution >= 4 is 0 Å². The van der Waals surface area contributed by atoms with Gasteiger partial charge in [0.15, 0.2) is 0 Å². The van der Waals surface area contributed by atoms with Crippen molar-refractivity contribution in [2.24, 2.45) is 0 Å². The second kappa shape index (κ2) is 5.04. The smallest absolute Gasteiger partial charge is 0.116 e. The topological polar surface area (TPSA) is 23.5 Å². The zero-order chi connectivity index (χ0) is 14.2. The minimum Gasteiger partial charge on any atom is -0.380 e. The molecule has 0 atom stereocenters. The molecule has 0 spiro atoms. The van der Waals surface area contributed by atoms with Gasteiger partial charge in [-0.1, -0.05) is 48.5 Å². The molecule has 0 aliphatic heterocycles. The van der Waals surface area contributed by atoms with Crippen molar-refractivity contribution in [2.75, 3.05) is 20.6 Å². The van der Waals surface area contributed by atoms with E-state index in [1.165, 1.54) is 11.1 Å². The lowest BCUT2D eigenvalue weighted by molar-refractivity contribution is 0.0712. The molecular formula is C18H21NO. The Morgan fingerprint density at radius 1 is 0.900 bits per heavy atom. The van der Waals surface area contributed by atoms with Gasteiger partial charge in [0.25, 0.3) is 0 Å². The molecular weight excluding hydrogens is 246 g/mol. The first-order valence-electron chi connectivity index (χ1n) is 7.19. The minimum atomic E-state index is -0.830. The third-order valence-corrected chi connectivity index (χ3v) is 4.18. The van der Waals surface area contributed by atoms with E-state index in [0.717, 1.165) is 30.5 Å². The monoisotopic (exact) mass is 267 g/mol. The fraction of sp³-hybridized carbons (Fsp3) is 0.333. The van der Waals surface area contributed by atoms with Crippen molar-refractivity contribution in [3.63, 3.8) is 0 Å². The molecule has 20 heavy (non-hydrogen) atoms. The van der Waals surface area contributed by atoms with Crippen LogP contribution in [-0.4, -0.2) is 30.6 Å². The zero-order valence-corrected chi connectivity index (χ0v) is 12.1. The molecule has 2 nitrogen and oxygen atoms in total. The average Bonchev–Trinajstić information content (AvgIpc) is 2.70. The van der Waals surface area contributed by atoms with E-state index in [1.807, 2.05) is 24.3 Å². The van der Waals surface area contributed by atoms with Crippen molar-refractivity contribution in [2.45, 2.75) is 18.4 Å². The first-order chi connectivity index (χ1) is 9.63. The number of nitrogens with zero attached hydrogens (tertiary/aromatic N) is 1. The molecule has 2 aromatic carbocycles. The predicted octanol–water partition coefficient (Wildman–Crippen LogP) is 3.24. The Balaban J connectivity index is 2.01. The van der Waals surface area contributed by atoms with Crippen LogP contribution in [0.15, 0.2) is 48.5 Å². The van der Waals surface area contributed by atoms with E-state index >= 15 is 0 Å². The largest absolute Gasteiger partial charge is 0.380 e. The van der Waals surface area contributed by atoms with Gasteiger partial charge in [-0.25, -0.2) is 0 Å². The van der Waals surface area contributed by atoms with Gasteiger partial charge in [-0.15, -0.1) is 0 Å². The van der Waals surface area contributed by atoms with Gasteiger partial charge in [0, 0.05) is 0 Å². The maximum atomic E-state index is 11.3. The van der Waals surface area contributed by atoms with E-state index in [-0.39, 0.29) is 0 Å². The molecule has 0 saturated carbocycles. The zero-order valence-electron chi connectivity index (χ0n) is 12.1. The van der Waals surface area contributed by atoms with E-state index in [9.17, 15) is 5.11 Å². The molecule has 1 aliphatic carbocycles. The molecule has 0 aromatic heterocycles. The Morgan fingerprint density at radius 3 is 1.90 bits per heavy atom. The highest BCUT2D eigenvalue weighted by atomic mass is 16.3. The van der Waals surface area contributed by atoms with Crippen LogP contribution in [0.2, 0.25) is 0 Å². The summed E-state index contributed by atoms with van der Waals surface area (Å²) in [5.74, 6) is 0. The highest BCUT2D eigenvalue weighted by molar-refractivity contribution is 5.79. The Kier molecular flexibility index (Phi) is 3.36. The fourth-order valence-electron chi connectivity index (χ4n) is 3.22. The lowest BCUT2D eigenvalue weighted by Crippen LogP contribution is -2.26. The SMILES string of the molecule is CN(C)CCCC1(O)c2ccccc2-c2ccccc21. The van der Waals surface area contributed by atoms with Gasteiger partial charge < -0.3 is 10.0 Å². The summed E-state index contributed by atoms with van der Waals surface area (Å²) in [5, 5.41) is 11.3. The molecule has 0 fully saturated rings. The van der Waals surface area contributed by atoms with Gasteiger partial charge in [0.05, 0.1) is 0 Å². The number of rotatable bonds is 4. The number of benzene rings is 2. The van der Waals surface area contributed by atoms with Crippen LogP contribution >= 0.6 is 0 Å². The Labute approximate surface area is 120 Å². The van der Waals surface area contributed by atoms with Crippen LogP contribution in [0.4, 0.5) is 0 Å². The molecule has 0 radical (unpaired) electrons. The molecule has 0 bridgehead atoms. The van der Waals surface area contributed by atoms with Gasteiger partial charge in [-0.05, 0) is 55.7 Å². The van der Waals surface area contributed by atoms with Crippen LogP contribution < -0.4 is 0 Å². The molecule has 3 rings (SSSR count). The fourth-order valence-corrected chi connectivity index (χ4v) is 3.22. The highest BCUT2D eigenvalue weighted by Gasteiger charge is 2.40. The summed E-state index contributed by atoms with van der Waals surface area (Å²) in [7, 11) is 4.14. The van der Waals surface area contributed by atoms with E-state index in [1.54, 1.807) is 0 Å². The quantitative estimate of drug-likeness (QED) is 0.919. The number of hydrogen-bond acceptors (Lipinski definition) is 2. The average molecular weight is 267 g/mol. The molecule has 0 heterocycles. The summed E-state index contributed by atoms with van der Waals surface area (Å²) < 4.78 is 0. The van der Waals surface area contributed by atoms with Crippen LogP contribution in [0.25, 0.3) is 11.1 Å². The van der Waals surface area contributed by atoms with Gasteiger partial charge in [-0.3, -0.25) is 0 Å². The standard InChI is InChI=1S/C18H21NO/c1-19(2)13-7-12-18(20)16-10-5-3-8-14(16)15-9-4-6-11-17(15)18/h3-6,8-11,20H,7,12-13H2,1-2H3.